The molecule has 0 bridgehead atoms. The van der Waals surface area contributed by atoms with E-state index in [1.165, 1.54) is 12.8 Å². The summed E-state index contributed by atoms with van der Waals surface area (Å²) in [6.07, 6.45) is 3.61. The lowest BCUT2D eigenvalue weighted by atomic mass is 9.72. The van der Waals surface area contributed by atoms with Crippen molar-refractivity contribution in [1.82, 2.24) is 0 Å². The first-order valence-electron chi connectivity index (χ1n) is 7.59. The summed E-state index contributed by atoms with van der Waals surface area (Å²) in [7, 11) is 1.66. The molecule has 0 amide bonds. The van der Waals surface area contributed by atoms with Crippen molar-refractivity contribution >= 4 is 0 Å². The molecule has 0 radical (unpaired) electrons. The summed E-state index contributed by atoms with van der Waals surface area (Å²) in [5.74, 6) is 0. The fourth-order valence-corrected chi connectivity index (χ4v) is 2.52. The molecule has 2 unspecified atom stereocenters. The zero-order valence-electron chi connectivity index (χ0n) is 13.2. The summed E-state index contributed by atoms with van der Waals surface area (Å²) < 4.78 is 21.5. The summed E-state index contributed by atoms with van der Waals surface area (Å²) in [4.78, 5) is 0. The Balaban J connectivity index is 1.98. The van der Waals surface area contributed by atoms with Gasteiger partial charge in [-0.2, -0.15) is 0 Å². The maximum Gasteiger partial charge on any atom is 0.0732 e. The number of ether oxygens (including phenoxy) is 4. The van der Waals surface area contributed by atoms with E-state index in [1.54, 1.807) is 7.11 Å². The first-order valence-corrected chi connectivity index (χ1v) is 7.59. The molecule has 5 nitrogen and oxygen atoms in total. The summed E-state index contributed by atoms with van der Waals surface area (Å²) in [6.45, 7) is 8.07. The Morgan fingerprint density at radius 2 is 1.60 bits per heavy atom. The second kappa shape index (κ2) is 9.68. The van der Waals surface area contributed by atoms with Gasteiger partial charge in [0, 0.05) is 13.2 Å². The first-order chi connectivity index (χ1) is 9.58. The average Bonchev–Trinajstić information content (AvgIpc) is 2.41. The molecule has 0 heterocycles. The monoisotopic (exact) mass is 289 g/mol. The Bertz CT molecular complexity index is 248. The van der Waals surface area contributed by atoms with Gasteiger partial charge in [-0.1, -0.05) is 20.3 Å². The normalized spacial score (nSPS) is 25.8. The van der Waals surface area contributed by atoms with Gasteiger partial charge in [-0.3, -0.25) is 0 Å². The van der Waals surface area contributed by atoms with E-state index in [2.05, 4.69) is 13.8 Å². The van der Waals surface area contributed by atoms with Crippen LogP contribution in [0.4, 0.5) is 0 Å². The third-order valence-electron chi connectivity index (χ3n) is 3.98. The van der Waals surface area contributed by atoms with Crippen LogP contribution in [0.25, 0.3) is 0 Å². The molecule has 2 atom stereocenters. The van der Waals surface area contributed by atoms with Crippen LogP contribution >= 0.6 is 0 Å². The Labute approximate surface area is 123 Å². The fourth-order valence-electron chi connectivity index (χ4n) is 2.52. The minimum Gasteiger partial charge on any atom is -0.382 e. The van der Waals surface area contributed by atoms with E-state index in [9.17, 15) is 0 Å². The van der Waals surface area contributed by atoms with Gasteiger partial charge >= 0.3 is 0 Å². The lowest BCUT2D eigenvalue weighted by Crippen LogP contribution is -2.50. The Morgan fingerprint density at radius 1 is 1.00 bits per heavy atom. The highest BCUT2D eigenvalue weighted by molar-refractivity contribution is 4.92. The van der Waals surface area contributed by atoms with Gasteiger partial charge in [0.25, 0.3) is 0 Å². The van der Waals surface area contributed by atoms with E-state index in [0.717, 1.165) is 6.42 Å². The minimum atomic E-state index is 0.119. The highest BCUT2D eigenvalue weighted by atomic mass is 16.6. The molecule has 20 heavy (non-hydrogen) atoms. The largest absolute Gasteiger partial charge is 0.382 e. The summed E-state index contributed by atoms with van der Waals surface area (Å²) in [6, 6.07) is 0.119. The van der Waals surface area contributed by atoms with Crippen LogP contribution in [-0.4, -0.2) is 58.9 Å². The molecule has 1 aliphatic carbocycles. The maximum atomic E-state index is 6.27. The molecular weight excluding hydrogens is 258 g/mol. The van der Waals surface area contributed by atoms with Crippen molar-refractivity contribution in [2.75, 3.05) is 46.8 Å². The van der Waals surface area contributed by atoms with Gasteiger partial charge in [-0.05, 0) is 18.3 Å². The number of hydrogen-bond acceptors (Lipinski definition) is 5. The molecular formula is C15H31NO4. The Hall–Kier alpha value is -0.200. The van der Waals surface area contributed by atoms with Crippen molar-refractivity contribution in [1.29, 1.82) is 0 Å². The lowest BCUT2D eigenvalue weighted by Gasteiger charge is -2.41. The second-order valence-electron chi connectivity index (χ2n) is 6.03. The summed E-state index contributed by atoms with van der Waals surface area (Å²) >= 11 is 0. The van der Waals surface area contributed by atoms with Crippen molar-refractivity contribution < 1.29 is 18.9 Å². The molecule has 0 spiro atoms. The SMILES string of the molecule is COCCOCCOCCOC1CCCC(C)(C)C1N. The van der Waals surface area contributed by atoms with Crippen molar-refractivity contribution in [3.63, 3.8) is 0 Å². The third kappa shape index (κ3) is 6.50. The lowest BCUT2D eigenvalue weighted by molar-refractivity contribution is -0.0523. The van der Waals surface area contributed by atoms with E-state index < -0.39 is 0 Å². The second-order valence-corrected chi connectivity index (χ2v) is 6.03. The van der Waals surface area contributed by atoms with Gasteiger partial charge < -0.3 is 24.7 Å². The highest BCUT2D eigenvalue weighted by Crippen LogP contribution is 2.35. The number of methoxy groups -OCH3 is 1. The quantitative estimate of drug-likeness (QED) is 0.619. The summed E-state index contributed by atoms with van der Waals surface area (Å²) in [5, 5.41) is 0. The molecule has 0 aromatic carbocycles. The van der Waals surface area contributed by atoms with E-state index in [0.29, 0.717) is 39.6 Å². The number of hydrogen-bond donors (Lipinski definition) is 1. The minimum absolute atomic E-state index is 0.119. The molecule has 5 heteroatoms. The van der Waals surface area contributed by atoms with Gasteiger partial charge in [0.15, 0.2) is 0 Å². The molecule has 0 aromatic heterocycles. The Kier molecular flexibility index (Phi) is 8.64. The summed E-state index contributed by atoms with van der Waals surface area (Å²) in [5.41, 5.74) is 6.45. The molecule has 1 aliphatic rings. The molecule has 1 saturated carbocycles. The molecule has 2 N–H and O–H groups in total. The van der Waals surface area contributed by atoms with Crippen molar-refractivity contribution in [2.45, 2.75) is 45.3 Å². The van der Waals surface area contributed by atoms with Gasteiger partial charge in [-0.25, -0.2) is 0 Å². The fraction of sp³-hybridized carbons (Fsp3) is 1.00. The van der Waals surface area contributed by atoms with Crippen LogP contribution in [0.3, 0.4) is 0 Å². The molecule has 0 aromatic rings. The van der Waals surface area contributed by atoms with Crippen LogP contribution in [0.15, 0.2) is 0 Å². The van der Waals surface area contributed by atoms with Gasteiger partial charge in [-0.15, -0.1) is 0 Å². The molecule has 120 valence electrons. The van der Waals surface area contributed by atoms with Gasteiger partial charge in [0.2, 0.25) is 0 Å². The smallest absolute Gasteiger partial charge is 0.0732 e. The molecule has 0 saturated heterocycles. The average molecular weight is 289 g/mol. The molecule has 1 fully saturated rings. The Morgan fingerprint density at radius 3 is 2.25 bits per heavy atom. The van der Waals surface area contributed by atoms with Crippen LogP contribution in [0.1, 0.15) is 33.1 Å². The predicted octanol–water partition coefficient (Wildman–Crippen LogP) is 1.59. The van der Waals surface area contributed by atoms with Gasteiger partial charge in [0.05, 0.1) is 45.7 Å². The van der Waals surface area contributed by atoms with Crippen molar-refractivity contribution in [2.24, 2.45) is 11.1 Å². The zero-order chi connectivity index (χ0) is 14.8. The van der Waals surface area contributed by atoms with Gasteiger partial charge in [0.1, 0.15) is 0 Å². The number of nitrogens with two attached hydrogens (primary N) is 1. The highest BCUT2D eigenvalue weighted by Gasteiger charge is 2.36. The van der Waals surface area contributed by atoms with Crippen LogP contribution < -0.4 is 5.73 Å². The van der Waals surface area contributed by atoms with Crippen molar-refractivity contribution in [3.8, 4) is 0 Å². The van der Waals surface area contributed by atoms with Crippen LogP contribution in [0.5, 0.6) is 0 Å². The van der Waals surface area contributed by atoms with Crippen LogP contribution in [-0.2, 0) is 18.9 Å². The first kappa shape index (κ1) is 17.9. The van der Waals surface area contributed by atoms with E-state index in [-0.39, 0.29) is 17.6 Å². The van der Waals surface area contributed by atoms with E-state index in [1.807, 2.05) is 0 Å². The molecule has 1 rings (SSSR count). The van der Waals surface area contributed by atoms with Crippen LogP contribution in [0, 0.1) is 5.41 Å². The van der Waals surface area contributed by atoms with Crippen molar-refractivity contribution in [3.05, 3.63) is 0 Å². The zero-order valence-corrected chi connectivity index (χ0v) is 13.2. The number of rotatable bonds is 10. The van der Waals surface area contributed by atoms with Crippen LogP contribution in [0.2, 0.25) is 0 Å². The maximum absolute atomic E-state index is 6.27. The standard InChI is InChI=1S/C15H31NO4/c1-15(2)6-4-5-13(14(15)16)20-12-11-19-10-9-18-8-7-17-3/h13-14H,4-12,16H2,1-3H3. The molecule has 0 aliphatic heterocycles. The van der Waals surface area contributed by atoms with E-state index >= 15 is 0 Å². The topological polar surface area (TPSA) is 62.9 Å². The van der Waals surface area contributed by atoms with E-state index in [4.69, 9.17) is 24.7 Å². The third-order valence-corrected chi connectivity index (χ3v) is 3.98. The predicted molar refractivity (Wildman–Crippen MR) is 78.9 cm³/mol.